The predicted octanol–water partition coefficient (Wildman–Crippen LogP) is 3.36. The van der Waals surface area contributed by atoms with Gasteiger partial charge in [-0.05, 0) is 47.2 Å². The van der Waals surface area contributed by atoms with Crippen LogP contribution in [-0.4, -0.2) is 17.0 Å². The van der Waals surface area contributed by atoms with Crippen LogP contribution < -0.4 is 4.72 Å². The third-order valence-electron chi connectivity index (χ3n) is 4.09. The minimum absolute atomic E-state index is 0.147. The smallest absolute Gasteiger partial charge is 0.306 e. The molecule has 0 saturated heterocycles. The molecule has 1 aliphatic rings. The average molecular weight is 345 g/mol. The fraction of sp³-hybridized carbons (Fsp3) is 0.222. The number of fused-ring (bicyclic) bond motifs is 1. The van der Waals surface area contributed by atoms with E-state index in [-0.39, 0.29) is 11.7 Å². The first-order valence-electron chi connectivity index (χ1n) is 7.53. The molecule has 124 valence electrons. The lowest BCUT2D eigenvalue weighted by Gasteiger charge is -2.25. The van der Waals surface area contributed by atoms with Crippen LogP contribution in [0.5, 0.6) is 0 Å². The molecule has 0 bridgehead atoms. The minimum Gasteiger partial charge on any atom is -0.481 e. The number of carbonyl (C=O) groups excluding carboxylic acids is 1. The van der Waals surface area contributed by atoms with Gasteiger partial charge in [-0.2, -0.15) is 0 Å². The average Bonchev–Trinajstić information content (AvgIpc) is 2.56. The molecule has 2 atom stereocenters. The first-order chi connectivity index (χ1) is 11.5. The highest BCUT2D eigenvalue weighted by molar-refractivity contribution is 7.98. The second-order valence-corrected chi connectivity index (χ2v) is 6.72. The van der Waals surface area contributed by atoms with Crippen LogP contribution in [0.4, 0.5) is 4.39 Å². The number of benzene rings is 2. The van der Waals surface area contributed by atoms with E-state index in [1.807, 2.05) is 24.3 Å². The number of hydrogen-bond acceptors (Lipinski definition) is 3. The molecule has 0 radical (unpaired) electrons. The first-order valence-corrected chi connectivity index (χ1v) is 8.35. The molecule has 1 aliphatic heterocycles. The summed E-state index contributed by atoms with van der Waals surface area (Å²) in [4.78, 5) is 23.9. The maximum Gasteiger partial charge on any atom is 0.306 e. The summed E-state index contributed by atoms with van der Waals surface area (Å²) in [5, 5.41) is 8.98. The van der Waals surface area contributed by atoms with Gasteiger partial charge in [0.2, 0.25) is 5.91 Å². The van der Waals surface area contributed by atoms with Crippen molar-refractivity contribution >= 4 is 23.8 Å². The summed E-state index contributed by atoms with van der Waals surface area (Å²) in [6, 6.07) is 11.7. The highest BCUT2D eigenvalue weighted by Gasteiger charge is 2.30. The van der Waals surface area contributed by atoms with Gasteiger partial charge in [0.15, 0.2) is 0 Å². The summed E-state index contributed by atoms with van der Waals surface area (Å²) < 4.78 is 16.1. The first kappa shape index (κ1) is 16.5. The molecule has 2 N–H and O–H groups in total. The van der Waals surface area contributed by atoms with Gasteiger partial charge in [-0.1, -0.05) is 37.3 Å². The molecule has 0 aliphatic carbocycles. The lowest BCUT2D eigenvalue weighted by atomic mass is 9.89. The fourth-order valence-corrected chi connectivity index (χ4v) is 3.56. The summed E-state index contributed by atoms with van der Waals surface area (Å²) in [5.74, 6) is -2.28. The molecule has 3 rings (SSSR count). The number of aliphatic carboxylic acids is 1. The normalized spacial score (nSPS) is 17.8. The van der Waals surface area contributed by atoms with Crippen molar-refractivity contribution in [2.45, 2.75) is 24.2 Å². The van der Waals surface area contributed by atoms with Gasteiger partial charge in [-0.15, -0.1) is 0 Å². The van der Waals surface area contributed by atoms with E-state index in [1.165, 1.54) is 12.1 Å². The van der Waals surface area contributed by atoms with Crippen LogP contribution in [0.1, 0.15) is 29.5 Å². The van der Waals surface area contributed by atoms with E-state index >= 15 is 0 Å². The standard InChI is InChI=1S/C18H16FNO3S/c1-10(18(22)23)8-11-2-4-12(5-3-11)16-14-7-6-13(19)9-15(14)24-20-17(16)21/h2-7,9-10,16H,8H2,1H3,(H,20,21)(H,22,23). The van der Waals surface area contributed by atoms with Crippen molar-refractivity contribution in [2.24, 2.45) is 5.92 Å². The van der Waals surface area contributed by atoms with E-state index in [2.05, 4.69) is 4.72 Å². The van der Waals surface area contributed by atoms with Crippen molar-refractivity contribution in [3.05, 3.63) is 65.0 Å². The third kappa shape index (κ3) is 3.28. The van der Waals surface area contributed by atoms with Crippen LogP contribution in [0.25, 0.3) is 0 Å². The van der Waals surface area contributed by atoms with Gasteiger partial charge in [0.25, 0.3) is 0 Å². The maximum atomic E-state index is 13.4. The Kier molecular flexibility index (Phi) is 4.57. The Hall–Kier alpha value is -2.34. The van der Waals surface area contributed by atoms with Gasteiger partial charge in [0.1, 0.15) is 5.82 Å². The number of nitrogens with one attached hydrogen (secondary N) is 1. The minimum atomic E-state index is -0.835. The van der Waals surface area contributed by atoms with Gasteiger partial charge in [0, 0.05) is 4.90 Å². The summed E-state index contributed by atoms with van der Waals surface area (Å²) in [6.07, 6.45) is 0.435. The van der Waals surface area contributed by atoms with Gasteiger partial charge in [-0.25, -0.2) is 4.39 Å². The van der Waals surface area contributed by atoms with Crippen molar-refractivity contribution in [1.29, 1.82) is 0 Å². The predicted molar refractivity (Wildman–Crippen MR) is 89.2 cm³/mol. The van der Waals surface area contributed by atoms with E-state index < -0.39 is 17.8 Å². The Balaban J connectivity index is 1.89. The van der Waals surface area contributed by atoms with E-state index in [0.29, 0.717) is 11.3 Å². The third-order valence-corrected chi connectivity index (χ3v) is 4.96. The molecule has 6 heteroatoms. The molecule has 1 heterocycles. The van der Waals surface area contributed by atoms with E-state index in [0.717, 1.165) is 28.6 Å². The number of carbonyl (C=O) groups is 2. The zero-order chi connectivity index (χ0) is 17.3. The van der Waals surface area contributed by atoms with Gasteiger partial charge in [0.05, 0.1) is 11.8 Å². The Morgan fingerprint density at radius 2 is 2.00 bits per heavy atom. The summed E-state index contributed by atoms with van der Waals surface area (Å²) >= 11 is 1.12. The molecule has 2 aromatic carbocycles. The summed E-state index contributed by atoms with van der Waals surface area (Å²) in [5.41, 5.74) is 2.47. The number of halogens is 1. The van der Waals surface area contributed by atoms with Crippen LogP contribution in [0.15, 0.2) is 47.4 Å². The Morgan fingerprint density at radius 3 is 2.67 bits per heavy atom. The van der Waals surface area contributed by atoms with Gasteiger partial charge in [-0.3, -0.25) is 14.3 Å². The van der Waals surface area contributed by atoms with Crippen LogP contribution in [0, 0.1) is 11.7 Å². The molecule has 0 spiro atoms. The van der Waals surface area contributed by atoms with Crippen LogP contribution in [-0.2, 0) is 16.0 Å². The van der Waals surface area contributed by atoms with E-state index in [4.69, 9.17) is 5.11 Å². The van der Waals surface area contributed by atoms with Crippen molar-refractivity contribution in [3.63, 3.8) is 0 Å². The Morgan fingerprint density at radius 1 is 1.29 bits per heavy atom. The monoisotopic (exact) mass is 345 g/mol. The number of rotatable bonds is 4. The molecule has 0 aromatic heterocycles. The quantitative estimate of drug-likeness (QED) is 0.834. The maximum absolute atomic E-state index is 13.4. The second kappa shape index (κ2) is 6.65. The molecule has 2 aromatic rings. The van der Waals surface area contributed by atoms with Gasteiger partial charge < -0.3 is 5.11 Å². The van der Waals surface area contributed by atoms with Crippen LogP contribution in [0.2, 0.25) is 0 Å². The number of amides is 1. The molecule has 1 amide bonds. The van der Waals surface area contributed by atoms with Crippen LogP contribution in [0.3, 0.4) is 0 Å². The zero-order valence-electron chi connectivity index (χ0n) is 13.0. The number of carboxylic acid groups (broad SMARTS) is 1. The lowest BCUT2D eigenvalue weighted by Crippen LogP contribution is -2.29. The zero-order valence-corrected chi connectivity index (χ0v) is 13.8. The topological polar surface area (TPSA) is 66.4 Å². The largest absolute Gasteiger partial charge is 0.481 e. The highest BCUT2D eigenvalue weighted by atomic mass is 32.2. The van der Waals surface area contributed by atoms with Crippen LogP contribution >= 0.6 is 11.9 Å². The van der Waals surface area contributed by atoms with E-state index in [9.17, 15) is 14.0 Å². The molecule has 2 unspecified atom stereocenters. The Labute approximate surface area is 143 Å². The van der Waals surface area contributed by atoms with Crippen molar-refractivity contribution < 1.29 is 19.1 Å². The SMILES string of the molecule is CC(Cc1ccc(C2C(=O)NSc3cc(F)ccc32)cc1)C(=O)O. The lowest BCUT2D eigenvalue weighted by molar-refractivity contribution is -0.141. The summed E-state index contributed by atoms with van der Waals surface area (Å²) in [6.45, 7) is 1.66. The molecular formula is C18H16FNO3S. The molecule has 0 fully saturated rings. The molecule has 24 heavy (non-hydrogen) atoms. The van der Waals surface area contributed by atoms with Crippen molar-refractivity contribution in [1.82, 2.24) is 4.72 Å². The van der Waals surface area contributed by atoms with Gasteiger partial charge >= 0.3 is 5.97 Å². The molecular weight excluding hydrogens is 329 g/mol. The van der Waals surface area contributed by atoms with Crippen molar-refractivity contribution in [3.8, 4) is 0 Å². The molecule has 0 saturated carbocycles. The second-order valence-electron chi connectivity index (χ2n) is 5.87. The summed E-state index contributed by atoms with van der Waals surface area (Å²) in [7, 11) is 0. The molecule has 4 nitrogen and oxygen atoms in total. The highest BCUT2D eigenvalue weighted by Crippen LogP contribution is 2.37. The number of carboxylic acids is 1. The fourth-order valence-electron chi connectivity index (χ4n) is 2.76. The Bertz CT molecular complexity index is 791. The van der Waals surface area contributed by atoms with E-state index in [1.54, 1.807) is 13.0 Å². The number of hydrogen-bond donors (Lipinski definition) is 2. The van der Waals surface area contributed by atoms with Crippen molar-refractivity contribution in [2.75, 3.05) is 0 Å².